The first kappa shape index (κ1) is 48.2. The molecular weight excluding hydrogens is 617 g/mol. The molecular formula is C49H97N2+. The number of aromatic nitrogens is 2. The maximum absolute atomic E-state index is 2.65. The van der Waals surface area contributed by atoms with Gasteiger partial charge in [-0.1, -0.05) is 245 Å². The molecule has 0 radical (unpaired) electrons. The Bertz CT molecular complexity index is 781. The number of nitrogens with zero attached hydrogens (tertiary/aromatic N) is 2. The SMILES string of the molecule is CCCCCCCCCCCCCCCCCCC[n+]1ccn(CCCCCCCCCC)c1CCCCCCCCCCCCCCCCC. The summed E-state index contributed by atoms with van der Waals surface area (Å²) in [5, 5.41) is 0. The van der Waals surface area contributed by atoms with Gasteiger partial charge in [-0.25, -0.2) is 9.13 Å². The van der Waals surface area contributed by atoms with Crippen LogP contribution in [0.3, 0.4) is 0 Å². The maximum Gasteiger partial charge on any atom is 0.256 e. The second kappa shape index (κ2) is 40.4. The van der Waals surface area contributed by atoms with Gasteiger partial charge in [-0.3, -0.25) is 0 Å². The van der Waals surface area contributed by atoms with E-state index in [9.17, 15) is 0 Å². The Hall–Kier alpha value is -0.790. The zero-order valence-electron chi connectivity index (χ0n) is 36.0. The van der Waals surface area contributed by atoms with Crippen molar-refractivity contribution in [3.8, 4) is 0 Å². The van der Waals surface area contributed by atoms with Gasteiger partial charge in [-0.05, 0) is 32.1 Å². The highest BCUT2D eigenvalue weighted by Gasteiger charge is 2.16. The minimum absolute atomic E-state index is 1.23. The Kier molecular flexibility index (Phi) is 38.2. The average Bonchev–Trinajstić information content (AvgIpc) is 3.53. The Morgan fingerprint density at radius 1 is 0.333 bits per heavy atom. The van der Waals surface area contributed by atoms with Crippen LogP contribution in [0, 0.1) is 0 Å². The Labute approximate surface area is 323 Å². The summed E-state index contributed by atoms with van der Waals surface area (Å²) in [6.07, 6.45) is 63.8. The fraction of sp³-hybridized carbons (Fsp3) is 0.939. The number of imidazole rings is 1. The van der Waals surface area contributed by atoms with E-state index in [-0.39, 0.29) is 0 Å². The molecule has 0 aromatic carbocycles. The Balaban J connectivity index is 2.20. The highest BCUT2D eigenvalue weighted by molar-refractivity contribution is 4.84. The molecule has 0 spiro atoms. The predicted octanol–water partition coefficient (Wildman–Crippen LogP) is 17.0. The molecule has 0 saturated carbocycles. The van der Waals surface area contributed by atoms with Crippen LogP contribution in [0.25, 0.3) is 0 Å². The summed E-state index contributed by atoms with van der Waals surface area (Å²) in [6, 6.07) is 0. The molecule has 0 N–H and O–H groups in total. The number of hydrogen-bond donors (Lipinski definition) is 0. The fourth-order valence-electron chi connectivity index (χ4n) is 8.27. The summed E-state index contributed by atoms with van der Waals surface area (Å²) in [7, 11) is 0. The van der Waals surface area contributed by atoms with E-state index in [1.165, 1.54) is 276 Å². The third-order valence-corrected chi connectivity index (χ3v) is 11.8. The van der Waals surface area contributed by atoms with Crippen LogP contribution in [0.5, 0.6) is 0 Å². The van der Waals surface area contributed by atoms with Crippen molar-refractivity contribution in [1.29, 1.82) is 0 Å². The predicted molar refractivity (Wildman–Crippen MR) is 230 cm³/mol. The van der Waals surface area contributed by atoms with Gasteiger partial charge in [0.2, 0.25) is 0 Å². The van der Waals surface area contributed by atoms with Gasteiger partial charge < -0.3 is 0 Å². The third kappa shape index (κ3) is 32.4. The van der Waals surface area contributed by atoms with Crippen molar-refractivity contribution in [1.82, 2.24) is 4.57 Å². The van der Waals surface area contributed by atoms with Crippen LogP contribution in [-0.4, -0.2) is 4.57 Å². The quantitative estimate of drug-likeness (QED) is 0.0471. The molecule has 0 bridgehead atoms. The van der Waals surface area contributed by atoms with E-state index in [0.717, 1.165) is 0 Å². The van der Waals surface area contributed by atoms with Crippen molar-refractivity contribution in [3.63, 3.8) is 0 Å². The first-order valence-corrected chi connectivity index (χ1v) is 24.4. The minimum atomic E-state index is 1.23. The van der Waals surface area contributed by atoms with Crippen LogP contribution in [0.2, 0.25) is 0 Å². The molecule has 0 aliphatic rings. The van der Waals surface area contributed by atoms with Crippen LogP contribution in [0.4, 0.5) is 0 Å². The summed E-state index contributed by atoms with van der Waals surface area (Å²) < 4.78 is 5.30. The van der Waals surface area contributed by atoms with Crippen LogP contribution >= 0.6 is 0 Å². The molecule has 0 unspecified atom stereocenters. The summed E-state index contributed by atoms with van der Waals surface area (Å²) >= 11 is 0. The van der Waals surface area contributed by atoms with Gasteiger partial charge in [-0.2, -0.15) is 0 Å². The summed E-state index contributed by atoms with van der Waals surface area (Å²) in [5.41, 5.74) is 0. The molecule has 0 fully saturated rings. The third-order valence-electron chi connectivity index (χ3n) is 11.8. The maximum atomic E-state index is 2.65. The molecule has 0 aliphatic carbocycles. The Morgan fingerprint density at radius 2 is 0.608 bits per heavy atom. The first-order valence-electron chi connectivity index (χ1n) is 24.4. The molecule has 0 aliphatic heterocycles. The largest absolute Gasteiger partial charge is 0.256 e. The van der Waals surface area contributed by atoms with Crippen LogP contribution in [0.1, 0.15) is 283 Å². The smallest absolute Gasteiger partial charge is 0.234 e. The second-order valence-electron chi connectivity index (χ2n) is 16.9. The average molecular weight is 714 g/mol. The second-order valence-corrected chi connectivity index (χ2v) is 16.9. The van der Waals surface area contributed by atoms with Crippen LogP contribution in [-0.2, 0) is 19.5 Å². The van der Waals surface area contributed by atoms with E-state index < -0.39 is 0 Å². The van der Waals surface area contributed by atoms with Gasteiger partial charge in [0.1, 0.15) is 12.4 Å². The van der Waals surface area contributed by atoms with Gasteiger partial charge in [0.15, 0.2) is 0 Å². The van der Waals surface area contributed by atoms with Crippen LogP contribution < -0.4 is 4.57 Å². The topological polar surface area (TPSA) is 8.81 Å². The highest BCUT2D eigenvalue weighted by Crippen LogP contribution is 2.17. The van der Waals surface area contributed by atoms with E-state index in [0.29, 0.717) is 0 Å². The molecule has 2 nitrogen and oxygen atoms in total. The van der Waals surface area contributed by atoms with Gasteiger partial charge in [-0.15, -0.1) is 0 Å². The zero-order chi connectivity index (χ0) is 36.6. The molecule has 302 valence electrons. The van der Waals surface area contributed by atoms with E-state index in [1.54, 1.807) is 5.82 Å². The monoisotopic (exact) mass is 714 g/mol. The molecule has 1 rings (SSSR count). The zero-order valence-corrected chi connectivity index (χ0v) is 36.0. The number of aryl methyl sites for hydroxylation is 2. The van der Waals surface area contributed by atoms with Crippen molar-refractivity contribution < 1.29 is 4.57 Å². The van der Waals surface area contributed by atoms with E-state index >= 15 is 0 Å². The Morgan fingerprint density at radius 3 is 0.941 bits per heavy atom. The lowest BCUT2D eigenvalue weighted by Gasteiger charge is -2.07. The molecule has 0 atom stereocenters. The fourth-order valence-corrected chi connectivity index (χ4v) is 8.27. The summed E-state index contributed by atoms with van der Waals surface area (Å²) in [5.74, 6) is 1.63. The number of hydrogen-bond acceptors (Lipinski definition) is 0. The normalized spacial score (nSPS) is 11.7. The van der Waals surface area contributed by atoms with Gasteiger partial charge in [0, 0.05) is 6.42 Å². The molecule has 1 heterocycles. The van der Waals surface area contributed by atoms with Crippen LogP contribution in [0.15, 0.2) is 12.4 Å². The summed E-state index contributed by atoms with van der Waals surface area (Å²) in [4.78, 5) is 0. The molecule has 51 heavy (non-hydrogen) atoms. The van der Waals surface area contributed by atoms with Crippen molar-refractivity contribution in [2.75, 3.05) is 0 Å². The standard InChI is InChI=1S/C49H97N2/c1-4-7-10-13-16-19-21-23-25-26-28-30-32-34-37-40-43-46-51-48-47-50(45-42-39-36-18-15-12-9-6-3)49(51)44-41-38-35-33-31-29-27-24-22-20-17-14-11-8-5-2/h47-48H,4-46H2,1-3H3/q+1. The number of rotatable bonds is 43. The van der Waals surface area contributed by atoms with E-state index in [2.05, 4.69) is 42.3 Å². The van der Waals surface area contributed by atoms with Crippen molar-refractivity contribution in [2.45, 2.75) is 297 Å². The van der Waals surface area contributed by atoms with Crippen molar-refractivity contribution in [3.05, 3.63) is 18.2 Å². The highest BCUT2D eigenvalue weighted by atomic mass is 15.1. The lowest BCUT2D eigenvalue weighted by molar-refractivity contribution is -0.704. The summed E-state index contributed by atoms with van der Waals surface area (Å²) in [6.45, 7) is 9.41. The van der Waals surface area contributed by atoms with Gasteiger partial charge in [0.25, 0.3) is 5.82 Å². The van der Waals surface area contributed by atoms with E-state index in [4.69, 9.17) is 0 Å². The number of unbranched alkanes of at least 4 members (excludes halogenated alkanes) is 37. The van der Waals surface area contributed by atoms with Crippen molar-refractivity contribution in [2.24, 2.45) is 0 Å². The molecule has 1 aromatic heterocycles. The first-order chi connectivity index (χ1) is 25.3. The van der Waals surface area contributed by atoms with Gasteiger partial charge >= 0.3 is 0 Å². The molecule has 0 amide bonds. The van der Waals surface area contributed by atoms with Crippen molar-refractivity contribution >= 4 is 0 Å². The molecule has 0 saturated heterocycles. The minimum Gasteiger partial charge on any atom is -0.234 e. The molecule has 1 aromatic rings. The lowest BCUT2D eigenvalue weighted by atomic mass is 10.0. The van der Waals surface area contributed by atoms with Gasteiger partial charge in [0.05, 0.1) is 13.1 Å². The van der Waals surface area contributed by atoms with E-state index in [1.807, 2.05) is 0 Å². The lowest BCUT2D eigenvalue weighted by Crippen LogP contribution is -2.37. The molecule has 2 heteroatoms.